The number of pyridine rings is 1. The zero-order valence-electron chi connectivity index (χ0n) is 11.8. The smallest absolute Gasteiger partial charge is 0.0532 e. The fraction of sp³-hybridized carbons (Fsp3) is 0.353. The lowest BCUT2D eigenvalue weighted by atomic mass is 9.96. The summed E-state index contributed by atoms with van der Waals surface area (Å²) in [6, 6.07) is 4.66. The largest absolute Gasteiger partial charge is 0.257 e. The molecule has 0 saturated carbocycles. The molecule has 1 aromatic carbocycles. The van der Waals surface area contributed by atoms with Gasteiger partial charge in [-0.1, -0.05) is 12.1 Å². The van der Waals surface area contributed by atoms with Crippen LogP contribution in [0.3, 0.4) is 0 Å². The maximum atomic E-state index is 4.79. The van der Waals surface area contributed by atoms with Crippen molar-refractivity contribution in [3.05, 3.63) is 51.3 Å². The number of benzene rings is 1. The Kier molecular flexibility index (Phi) is 2.34. The predicted octanol–water partition coefficient (Wildman–Crippen LogP) is 4.19. The van der Waals surface area contributed by atoms with E-state index in [4.69, 9.17) is 4.98 Å². The lowest BCUT2D eigenvalue weighted by molar-refractivity contribution is 1.04. The van der Waals surface area contributed by atoms with Crippen molar-refractivity contribution in [2.45, 2.75) is 41.0 Å². The molecule has 0 saturated heterocycles. The molecule has 1 aromatic heterocycles. The Hall–Kier alpha value is -1.63. The van der Waals surface area contributed by atoms with Crippen molar-refractivity contribution in [2.75, 3.05) is 0 Å². The van der Waals surface area contributed by atoms with Crippen molar-refractivity contribution in [1.82, 2.24) is 4.98 Å². The minimum Gasteiger partial charge on any atom is -0.257 e. The van der Waals surface area contributed by atoms with Crippen molar-refractivity contribution >= 4 is 0 Å². The van der Waals surface area contributed by atoms with Crippen LogP contribution in [0.15, 0.2) is 12.1 Å². The van der Waals surface area contributed by atoms with Gasteiger partial charge in [0, 0.05) is 17.7 Å². The van der Waals surface area contributed by atoms with Crippen LogP contribution in [0.4, 0.5) is 0 Å². The van der Waals surface area contributed by atoms with E-state index >= 15 is 0 Å². The van der Waals surface area contributed by atoms with E-state index in [9.17, 15) is 0 Å². The summed E-state index contributed by atoms with van der Waals surface area (Å²) in [5.74, 6) is 0. The fourth-order valence-corrected chi connectivity index (χ4v) is 2.94. The van der Waals surface area contributed by atoms with E-state index in [1.165, 1.54) is 50.3 Å². The quantitative estimate of drug-likeness (QED) is 0.571. The third-order valence-corrected chi connectivity index (χ3v) is 4.42. The lowest BCUT2D eigenvalue weighted by Gasteiger charge is -2.11. The molecule has 18 heavy (non-hydrogen) atoms. The Balaban J connectivity index is 2.34. The molecule has 0 bridgehead atoms. The highest BCUT2D eigenvalue weighted by atomic mass is 14.7. The number of aromatic nitrogens is 1. The molecule has 0 N–H and O–H groups in total. The summed E-state index contributed by atoms with van der Waals surface area (Å²) in [5.41, 5.74) is 12.2. The van der Waals surface area contributed by atoms with Crippen molar-refractivity contribution in [3.8, 4) is 11.1 Å². The van der Waals surface area contributed by atoms with Gasteiger partial charge >= 0.3 is 0 Å². The third-order valence-electron chi connectivity index (χ3n) is 4.42. The maximum absolute atomic E-state index is 4.79. The standard InChI is InChI=1S/C17H19N/c1-9-6-14-8-16-17(15(14)7-10(9)2)12(4)11(3)13(5)18-16/h6-7H,8H2,1-5H3. The Morgan fingerprint density at radius 1 is 0.889 bits per heavy atom. The normalized spacial score (nSPS) is 12.5. The number of aryl methyl sites for hydroxylation is 3. The van der Waals surface area contributed by atoms with Gasteiger partial charge in [-0.25, -0.2) is 0 Å². The van der Waals surface area contributed by atoms with Crippen LogP contribution in [0.2, 0.25) is 0 Å². The molecule has 0 fully saturated rings. The van der Waals surface area contributed by atoms with Gasteiger partial charge < -0.3 is 0 Å². The molecule has 1 heteroatoms. The van der Waals surface area contributed by atoms with Gasteiger partial charge in [0.1, 0.15) is 0 Å². The lowest BCUT2D eigenvalue weighted by Crippen LogP contribution is -1.97. The van der Waals surface area contributed by atoms with Crippen LogP contribution in [-0.4, -0.2) is 4.98 Å². The molecule has 0 unspecified atom stereocenters. The Morgan fingerprint density at radius 2 is 1.56 bits per heavy atom. The minimum atomic E-state index is 0.994. The third kappa shape index (κ3) is 1.43. The molecular weight excluding hydrogens is 218 g/mol. The summed E-state index contributed by atoms with van der Waals surface area (Å²) in [4.78, 5) is 4.79. The summed E-state index contributed by atoms with van der Waals surface area (Å²) in [5, 5.41) is 0. The van der Waals surface area contributed by atoms with Gasteiger partial charge in [-0.3, -0.25) is 4.98 Å². The van der Waals surface area contributed by atoms with E-state index in [1.54, 1.807) is 0 Å². The van der Waals surface area contributed by atoms with Gasteiger partial charge in [-0.15, -0.1) is 0 Å². The first-order chi connectivity index (χ1) is 8.49. The van der Waals surface area contributed by atoms with Crippen molar-refractivity contribution < 1.29 is 0 Å². The topological polar surface area (TPSA) is 12.9 Å². The van der Waals surface area contributed by atoms with E-state index in [0.717, 1.165) is 6.42 Å². The number of hydrogen-bond acceptors (Lipinski definition) is 1. The fourth-order valence-electron chi connectivity index (χ4n) is 2.94. The molecule has 2 aromatic rings. The van der Waals surface area contributed by atoms with Crippen LogP contribution in [0.25, 0.3) is 11.1 Å². The minimum absolute atomic E-state index is 0.994. The summed E-state index contributed by atoms with van der Waals surface area (Å²) >= 11 is 0. The Labute approximate surface area is 109 Å². The van der Waals surface area contributed by atoms with E-state index in [-0.39, 0.29) is 0 Å². The SMILES string of the molecule is Cc1cc2c(cc1C)-c1c(nc(C)c(C)c1C)C2. The second-order valence-corrected chi connectivity index (χ2v) is 5.54. The molecule has 3 rings (SSSR count). The molecular formula is C17H19N. The van der Waals surface area contributed by atoms with Gasteiger partial charge in [-0.05, 0) is 68.0 Å². The van der Waals surface area contributed by atoms with Crippen molar-refractivity contribution in [1.29, 1.82) is 0 Å². The summed E-state index contributed by atoms with van der Waals surface area (Å²) in [6.07, 6.45) is 0.994. The molecule has 1 heterocycles. The molecule has 0 aliphatic heterocycles. The van der Waals surface area contributed by atoms with Crippen molar-refractivity contribution in [2.24, 2.45) is 0 Å². The summed E-state index contributed by atoms with van der Waals surface area (Å²) in [6.45, 7) is 10.9. The monoisotopic (exact) mass is 237 g/mol. The highest BCUT2D eigenvalue weighted by Crippen LogP contribution is 2.40. The average molecular weight is 237 g/mol. The zero-order chi connectivity index (χ0) is 13.0. The van der Waals surface area contributed by atoms with Gasteiger partial charge in [0.05, 0.1) is 5.69 Å². The average Bonchev–Trinajstić information content (AvgIpc) is 2.64. The second kappa shape index (κ2) is 3.68. The van der Waals surface area contributed by atoms with Crippen LogP contribution in [0, 0.1) is 34.6 Å². The Morgan fingerprint density at radius 3 is 2.28 bits per heavy atom. The van der Waals surface area contributed by atoms with E-state index in [1.807, 2.05) is 0 Å². The molecule has 0 amide bonds. The van der Waals surface area contributed by atoms with Crippen molar-refractivity contribution in [3.63, 3.8) is 0 Å². The maximum Gasteiger partial charge on any atom is 0.0532 e. The van der Waals surface area contributed by atoms with E-state index in [2.05, 4.69) is 46.8 Å². The first kappa shape index (κ1) is 11.5. The van der Waals surface area contributed by atoms with Crippen LogP contribution < -0.4 is 0 Å². The molecule has 0 atom stereocenters. The first-order valence-electron chi connectivity index (χ1n) is 6.56. The van der Waals surface area contributed by atoms with Gasteiger partial charge in [0.25, 0.3) is 0 Å². The second-order valence-electron chi connectivity index (χ2n) is 5.54. The number of rotatable bonds is 0. The van der Waals surface area contributed by atoms with Crippen LogP contribution in [0.5, 0.6) is 0 Å². The van der Waals surface area contributed by atoms with Crippen LogP contribution in [0.1, 0.15) is 39.2 Å². The molecule has 0 radical (unpaired) electrons. The number of fused-ring (bicyclic) bond motifs is 3. The Bertz CT molecular complexity index is 666. The summed E-state index contributed by atoms with van der Waals surface area (Å²) in [7, 11) is 0. The predicted molar refractivity (Wildman–Crippen MR) is 76.2 cm³/mol. The highest BCUT2D eigenvalue weighted by molar-refractivity contribution is 5.80. The first-order valence-corrected chi connectivity index (χ1v) is 6.56. The molecule has 0 spiro atoms. The molecule has 92 valence electrons. The molecule has 1 nitrogen and oxygen atoms in total. The molecule has 1 aliphatic carbocycles. The van der Waals surface area contributed by atoms with Gasteiger partial charge in [0.15, 0.2) is 0 Å². The number of hydrogen-bond donors (Lipinski definition) is 0. The highest BCUT2D eigenvalue weighted by Gasteiger charge is 2.23. The number of nitrogens with zero attached hydrogens (tertiary/aromatic N) is 1. The van der Waals surface area contributed by atoms with Crippen LogP contribution in [-0.2, 0) is 6.42 Å². The zero-order valence-corrected chi connectivity index (χ0v) is 11.8. The summed E-state index contributed by atoms with van der Waals surface area (Å²) < 4.78 is 0. The van der Waals surface area contributed by atoms with E-state index < -0.39 is 0 Å². The van der Waals surface area contributed by atoms with E-state index in [0.29, 0.717) is 0 Å². The molecule has 1 aliphatic rings. The van der Waals surface area contributed by atoms with Crippen LogP contribution >= 0.6 is 0 Å². The van der Waals surface area contributed by atoms with Gasteiger partial charge in [0.2, 0.25) is 0 Å². The van der Waals surface area contributed by atoms with Gasteiger partial charge in [-0.2, -0.15) is 0 Å².